The van der Waals surface area contributed by atoms with Gasteiger partial charge < -0.3 is 10.4 Å². The second-order valence-electron chi connectivity index (χ2n) is 6.15. The summed E-state index contributed by atoms with van der Waals surface area (Å²) in [6.45, 7) is 8.94. The van der Waals surface area contributed by atoms with Gasteiger partial charge in [0.25, 0.3) is 0 Å². The quantitative estimate of drug-likeness (QED) is 0.575. The molecule has 0 saturated heterocycles. The van der Waals surface area contributed by atoms with Crippen LogP contribution in [0.3, 0.4) is 0 Å². The second kappa shape index (κ2) is 7.84. The molecule has 0 rings (SSSR count). The van der Waals surface area contributed by atoms with E-state index in [9.17, 15) is 14.4 Å². The molecule has 20 heavy (non-hydrogen) atoms. The molecule has 0 aliphatic carbocycles. The first kappa shape index (κ1) is 18.4. The number of hydrogen-bond acceptors (Lipinski definition) is 4. The van der Waals surface area contributed by atoms with Crippen LogP contribution < -0.4 is 16.0 Å². The Morgan fingerprint density at radius 2 is 1.70 bits per heavy atom. The molecule has 7 heteroatoms. The molecule has 1 atom stereocenters. The summed E-state index contributed by atoms with van der Waals surface area (Å²) in [4.78, 5) is 33.9. The lowest BCUT2D eigenvalue weighted by Gasteiger charge is -2.20. The summed E-state index contributed by atoms with van der Waals surface area (Å²) < 4.78 is 0. The van der Waals surface area contributed by atoms with E-state index in [4.69, 9.17) is 5.11 Å². The van der Waals surface area contributed by atoms with E-state index in [1.165, 1.54) is 0 Å². The second-order valence-corrected chi connectivity index (χ2v) is 6.15. The molecule has 0 spiro atoms. The highest BCUT2D eigenvalue weighted by molar-refractivity contribution is 5.95. The zero-order valence-electron chi connectivity index (χ0n) is 12.7. The van der Waals surface area contributed by atoms with E-state index in [2.05, 4.69) is 16.0 Å². The minimum absolute atomic E-state index is 0.191. The van der Waals surface area contributed by atoms with Crippen LogP contribution in [-0.4, -0.2) is 41.1 Å². The van der Waals surface area contributed by atoms with Gasteiger partial charge in [-0.15, -0.1) is 0 Å². The van der Waals surface area contributed by atoms with E-state index in [1.807, 2.05) is 13.8 Å². The summed E-state index contributed by atoms with van der Waals surface area (Å²) in [5, 5.41) is 16.3. The molecular formula is C13H25N3O4. The highest BCUT2D eigenvalue weighted by atomic mass is 16.4. The maximum Gasteiger partial charge on any atom is 0.321 e. The van der Waals surface area contributed by atoms with Crippen LogP contribution in [0.4, 0.5) is 4.79 Å². The molecule has 0 aromatic carbocycles. The van der Waals surface area contributed by atoms with E-state index in [0.29, 0.717) is 6.42 Å². The largest absolute Gasteiger partial charge is 0.480 e. The van der Waals surface area contributed by atoms with Gasteiger partial charge in [0.1, 0.15) is 6.04 Å². The molecule has 7 nitrogen and oxygen atoms in total. The van der Waals surface area contributed by atoms with Gasteiger partial charge in [-0.25, -0.2) is 4.79 Å². The topological polar surface area (TPSA) is 108 Å². The number of amides is 3. The maximum absolute atomic E-state index is 11.5. The van der Waals surface area contributed by atoms with E-state index in [-0.39, 0.29) is 12.5 Å². The molecule has 0 saturated carbocycles. The summed E-state index contributed by atoms with van der Waals surface area (Å²) >= 11 is 0. The molecular weight excluding hydrogens is 262 g/mol. The van der Waals surface area contributed by atoms with Gasteiger partial charge in [0, 0.05) is 5.54 Å². The van der Waals surface area contributed by atoms with E-state index in [0.717, 1.165) is 0 Å². The number of carboxylic acid groups (broad SMARTS) is 1. The zero-order valence-corrected chi connectivity index (χ0v) is 12.7. The Morgan fingerprint density at radius 1 is 1.15 bits per heavy atom. The summed E-state index contributed by atoms with van der Waals surface area (Å²) in [6, 6.07) is -1.40. The molecule has 0 radical (unpaired) electrons. The Bertz CT molecular complexity index is 361. The van der Waals surface area contributed by atoms with Crippen molar-refractivity contribution in [2.75, 3.05) is 6.54 Å². The Hall–Kier alpha value is -1.63. The Labute approximate surface area is 119 Å². The number of urea groups is 1. The third kappa shape index (κ3) is 9.32. The Kier molecular flexibility index (Phi) is 7.20. The number of rotatable bonds is 6. The Balaban J connectivity index is 4.20. The summed E-state index contributed by atoms with van der Waals surface area (Å²) in [5.41, 5.74) is -0.445. The predicted octanol–water partition coefficient (Wildman–Crippen LogP) is 0.700. The van der Waals surface area contributed by atoms with Crippen LogP contribution >= 0.6 is 0 Å². The molecule has 4 N–H and O–H groups in total. The van der Waals surface area contributed by atoms with Crippen LogP contribution in [-0.2, 0) is 9.59 Å². The first-order valence-corrected chi connectivity index (χ1v) is 6.59. The number of carbonyl (C=O) groups excluding carboxylic acids is 2. The fraction of sp³-hybridized carbons (Fsp3) is 0.769. The van der Waals surface area contributed by atoms with Crippen molar-refractivity contribution in [2.24, 2.45) is 5.92 Å². The minimum atomic E-state index is -1.01. The molecule has 0 aliphatic rings. The highest BCUT2D eigenvalue weighted by Gasteiger charge is 2.20. The number of carboxylic acids is 1. The van der Waals surface area contributed by atoms with Crippen molar-refractivity contribution in [1.82, 2.24) is 16.0 Å². The van der Waals surface area contributed by atoms with E-state index >= 15 is 0 Å². The van der Waals surface area contributed by atoms with Crippen molar-refractivity contribution in [3.63, 3.8) is 0 Å². The van der Waals surface area contributed by atoms with Crippen molar-refractivity contribution < 1.29 is 19.5 Å². The molecule has 0 heterocycles. The van der Waals surface area contributed by atoms with E-state index < -0.39 is 29.5 Å². The van der Waals surface area contributed by atoms with Gasteiger partial charge in [0.05, 0.1) is 6.54 Å². The highest BCUT2D eigenvalue weighted by Crippen LogP contribution is 2.04. The van der Waals surface area contributed by atoms with Crippen LogP contribution in [0.2, 0.25) is 0 Å². The normalized spacial score (nSPS) is 12.9. The maximum atomic E-state index is 11.5. The predicted molar refractivity (Wildman–Crippen MR) is 75.3 cm³/mol. The molecule has 0 aromatic heterocycles. The van der Waals surface area contributed by atoms with Gasteiger partial charge in [0.15, 0.2) is 0 Å². The lowest BCUT2D eigenvalue weighted by atomic mass is 10.0. The number of hydrogen-bond donors (Lipinski definition) is 4. The smallest absolute Gasteiger partial charge is 0.321 e. The number of nitrogens with one attached hydrogen (secondary N) is 3. The van der Waals surface area contributed by atoms with Crippen molar-refractivity contribution >= 4 is 17.9 Å². The van der Waals surface area contributed by atoms with Gasteiger partial charge in [-0.1, -0.05) is 13.8 Å². The lowest BCUT2D eigenvalue weighted by Crippen LogP contribution is -2.51. The molecule has 0 aliphatic heterocycles. The minimum Gasteiger partial charge on any atom is -0.480 e. The third-order valence-electron chi connectivity index (χ3n) is 2.26. The van der Waals surface area contributed by atoms with E-state index in [1.54, 1.807) is 20.8 Å². The van der Waals surface area contributed by atoms with Crippen molar-refractivity contribution in [3.05, 3.63) is 0 Å². The number of carbonyl (C=O) groups is 3. The first-order valence-electron chi connectivity index (χ1n) is 6.59. The van der Waals surface area contributed by atoms with Crippen LogP contribution in [0.25, 0.3) is 0 Å². The van der Waals surface area contributed by atoms with Gasteiger partial charge in [-0.2, -0.15) is 0 Å². The monoisotopic (exact) mass is 287 g/mol. The molecule has 116 valence electrons. The molecule has 0 fully saturated rings. The molecule has 0 aromatic rings. The lowest BCUT2D eigenvalue weighted by molar-refractivity contribution is -0.140. The van der Waals surface area contributed by atoms with Crippen LogP contribution in [0.1, 0.15) is 41.0 Å². The summed E-state index contributed by atoms with van der Waals surface area (Å²) in [7, 11) is 0. The summed E-state index contributed by atoms with van der Waals surface area (Å²) in [6.07, 6.45) is 0.413. The van der Waals surface area contributed by atoms with Gasteiger partial charge in [-0.3, -0.25) is 20.2 Å². The van der Waals surface area contributed by atoms with Gasteiger partial charge in [0.2, 0.25) is 5.91 Å². The zero-order chi connectivity index (χ0) is 15.9. The van der Waals surface area contributed by atoms with Gasteiger partial charge >= 0.3 is 12.0 Å². The van der Waals surface area contributed by atoms with Crippen molar-refractivity contribution in [1.29, 1.82) is 0 Å². The first-order chi connectivity index (χ1) is 9.01. The standard InChI is InChI=1S/C13H25N3O4/c1-8(2)6-9(11(18)19)14-7-10(17)15-12(20)16-13(3,4)5/h8-9,14H,6-7H2,1-5H3,(H,18,19)(H2,15,16,17,20). The SMILES string of the molecule is CC(C)CC(NCC(=O)NC(=O)NC(C)(C)C)C(=O)O. The van der Waals surface area contributed by atoms with Crippen molar-refractivity contribution in [2.45, 2.75) is 52.6 Å². The average Bonchev–Trinajstić information content (AvgIpc) is 2.20. The average molecular weight is 287 g/mol. The van der Waals surface area contributed by atoms with Crippen LogP contribution in [0, 0.1) is 5.92 Å². The van der Waals surface area contributed by atoms with Crippen molar-refractivity contribution in [3.8, 4) is 0 Å². The van der Waals surface area contributed by atoms with Crippen LogP contribution in [0.5, 0.6) is 0 Å². The number of aliphatic carboxylic acids is 1. The fourth-order valence-corrected chi connectivity index (χ4v) is 1.50. The molecule has 0 bridgehead atoms. The third-order valence-corrected chi connectivity index (χ3v) is 2.26. The van der Waals surface area contributed by atoms with Crippen LogP contribution in [0.15, 0.2) is 0 Å². The molecule has 1 unspecified atom stereocenters. The van der Waals surface area contributed by atoms with Gasteiger partial charge in [-0.05, 0) is 33.1 Å². The fourth-order valence-electron chi connectivity index (χ4n) is 1.50. The Morgan fingerprint density at radius 3 is 2.10 bits per heavy atom. The number of imide groups is 1. The molecule has 3 amide bonds. The summed E-state index contributed by atoms with van der Waals surface area (Å²) in [5.74, 6) is -1.39.